The van der Waals surface area contributed by atoms with Crippen molar-refractivity contribution in [2.45, 2.75) is 33.4 Å². The lowest BCUT2D eigenvalue weighted by Gasteiger charge is -2.22. The molecule has 1 aromatic carbocycles. The van der Waals surface area contributed by atoms with Gasteiger partial charge in [-0.2, -0.15) is 0 Å². The molecule has 1 amide bonds. The number of hydrogen-bond donors (Lipinski definition) is 2. The first-order valence-electron chi connectivity index (χ1n) is 7.06. The Balaban J connectivity index is 1.99. The quantitative estimate of drug-likeness (QED) is 0.857. The number of nitrogens with zero attached hydrogens (tertiary/aromatic N) is 1. The molecule has 2 aromatic rings. The van der Waals surface area contributed by atoms with Crippen molar-refractivity contribution < 1.29 is 4.79 Å². The molecule has 2 rings (SSSR count). The molecule has 0 aliphatic heterocycles. The van der Waals surface area contributed by atoms with E-state index < -0.39 is 0 Å². The van der Waals surface area contributed by atoms with Crippen LogP contribution in [0.2, 0.25) is 0 Å². The van der Waals surface area contributed by atoms with E-state index in [2.05, 4.69) is 53.7 Å². The van der Waals surface area contributed by atoms with E-state index in [4.69, 9.17) is 0 Å². The fraction of sp³-hybridized carbons (Fsp3) is 0.375. The molecular formula is C16H21N3OS. The molecule has 112 valence electrons. The molecule has 21 heavy (non-hydrogen) atoms. The van der Waals surface area contributed by atoms with E-state index in [1.807, 2.05) is 11.4 Å². The molecule has 0 aliphatic carbocycles. The van der Waals surface area contributed by atoms with Gasteiger partial charge in [0.15, 0.2) is 5.13 Å². The minimum atomic E-state index is -0.0896. The molecule has 0 saturated heterocycles. The van der Waals surface area contributed by atoms with Crippen LogP contribution in [0, 0.1) is 5.92 Å². The van der Waals surface area contributed by atoms with Crippen LogP contribution in [0.15, 0.2) is 35.7 Å². The molecule has 1 atom stereocenters. The lowest BCUT2D eigenvalue weighted by molar-refractivity contribution is -0.114. The fourth-order valence-electron chi connectivity index (χ4n) is 2.21. The Hall–Kier alpha value is -1.72. The molecule has 0 spiro atoms. The zero-order chi connectivity index (χ0) is 15.2. The summed E-state index contributed by atoms with van der Waals surface area (Å²) in [4.78, 5) is 15.4. The van der Waals surface area contributed by atoms with Gasteiger partial charge in [0.2, 0.25) is 5.91 Å². The maximum Gasteiger partial charge on any atom is 0.223 e. The Morgan fingerprint density at radius 1 is 1.29 bits per heavy atom. The Morgan fingerprint density at radius 2 is 2.00 bits per heavy atom. The van der Waals surface area contributed by atoms with Crippen LogP contribution in [0.4, 0.5) is 5.13 Å². The zero-order valence-corrected chi connectivity index (χ0v) is 13.4. The van der Waals surface area contributed by atoms with Crippen LogP contribution in [-0.4, -0.2) is 10.9 Å². The largest absolute Gasteiger partial charge is 0.304 e. The third-order valence-electron chi connectivity index (χ3n) is 3.16. The lowest BCUT2D eigenvalue weighted by Crippen LogP contribution is -2.25. The van der Waals surface area contributed by atoms with E-state index in [1.165, 1.54) is 23.8 Å². The van der Waals surface area contributed by atoms with Gasteiger partial charge in [-0.1, -0.05) is 44.2 Å². The van der Waals surface area contributed by atoms with Gasteiger partial charge in [0, 0.05) is 24.9 Å². The topological polar surface area (TPSA) is 54.0 Å². The summed E-state index contributed by atoms with van der Waals surface area (Å²) in [6.07, 6.45) is 0. The number of thiazole rings is 1. The molecule has 1 unspecified atom stereocenters. The average Bonchev–Trinajstić information content (AvgIpc) is 2.86. The standard InChI is InChI=1S/C16H21N3OS/c1-11(2)15(13-7-5-4-6-8-13)17-9-14-10-21-16(19-14)18-12(3)20/h4-8,10-11,15,17H,9H2,1-3H3,(H,18,19,20). The minimum Gasteiger partial charge on any atom is -0.304 e. The number of carbonyl (C=O) groups is 1. The second-order valence-corrected chi connectivity index (χ2v) is 6.20. The van der Waals surface area contributed by atoms with Gasteiger partial charge in [0.1, 0.15) is 0 Å². The summed E-state index contributed by atoms with van der Waals surface area (Å²) in [7, 11) is 0. The maximum atomic E-state index is 11.0. The molecule has 5 heteroatoms. The van der Waals surface area contributed by atoms with Crippen molar-refractivity contribution in [1.82, 2.24) is 10.3 Å². The van der Waals surface area contributed by atoms with Crippen LogP contribution >= 0.6 is 11.3 Å². The van der Waals surface area contributed by atoms with E-state index >= 15 is 0 Å². The molecule has 1 aromatic heterocycles. The fourth-order valence-corrected chi connectivity index (χ4v) is 2.97. The summed E-state index contributed by atoms with van der Waals surface area (Å²) in [5, 5.41) is 8.88. The number of aromatic nitrogens is 1. The van der Waals surface area contributed by atoms with Gasteiger partial charge in [0.25, 0.3) is 0 Å². The molecule has 2 N–H and O–H groups in total. The van der Waals surface area contributed by atoms with E-state index in [-0.39, 0.29) is 11.9 Å². The van der Waals surface area contributed by atoms with Gasteiger partial charge in [-0.3, -0.25) is 4.79 Å². The third-order valence-corrected chi connectivity index (χ3v) is 3.97. The maximum absolute atomic E-state index is 11.0. The van der Waals surface area contributed by atoms with Gasteiger partial charge in [-0.15, -0.1) is 11.3 Å². The Kier molecular flexibility index (Phi) is 5.47. The number of anilines is 1. The van der Waals surface area contributed by atoms with Crippen molar-refractivity contribution >= 4 is 22.4 Å². The minimum absolute atomic E-state index is 0.0896. The van der Waals surface area contributed by atoms with Crippen LogP contribution in [0.25, 0.3) is 0 Å². The first kappa shape index (κ1) is 15.7. The second-order valence-electron chi connectivity index (χ2n) is 5.34. The van der Waals surface area contributed by atoms with E-state index in [0.29, 0.717) is 17.6 Å². The predicted molar refractivity (Wildman–Crippen MR) is 87.3 cm³/mol. The molecule has 4 nitrogen and oxygen atoms in total. The highest BCUT2D eigenvalue weighted by molar-refractivity contribution is 7.13. The van der Waals surface area contributed by atoms with Crippen molar-refractivity contribution in [3.05, 3.63) is 47.0 Å². The lowest BCUT2D eigenvalue weighted by atomic mass is 9.96. The summed E-state index contributed by atoms with van der Waals surface area (Å²) in [5.41, 5.74) is 2.23. The third kappa shape index (κ3) is 4.65. The zero-order valence-electron chi connectivity index (χ0n) is 12.6. The molecule has 1 heterocycles. The number of benzene rings is 1. The van der Waals surface area contributed by atoms with Crippen LogP contribution < -0.4 is 10.6 Å². The van der Waals surface area contributed by atoms with Gasteiger partial charge in [-0.25, -0.2) is 4.98 Å². The van der Waals surface area contributed by atoms with Gasteiger partial charge < -0.3 is 10.6 Å². The summed E-state index contributed by atoms with van der Waals surface area (Å²) in [5.74, 6) is 0.397. The average molecular weight is 303 g/mol. The van der Waals surface area contributed by atoms with Crippen LogP contribution in [-0.2, 0) is 11.3 Å². The first-order valence-corrected chi connectivity index (χ1v) is 7.94. The van der Waals surface area contributed by atoms with E-state index in [0.717, 1.165) is 5.69 Å². The highest BCUT2D eigenvalue weighted by Crippen LogP contribution is 2.22. The Bertz CT molecular complexity index is 580. The van der Waals surface area contributed by atoms with E-state index in [9.17, 15) is 4.79 Å². The van der Waals surface area contributed by atoms with Crippen molar-refractivity contribution in [1.29, 1.82) is 0 Å². The van der Waals surface area contributed by atoms with Crippen molar-refractivity contribution in [3.63, 3.8) is 0 Å². The number of nitrogens with one attached hydrogen (secondary N) is 2. The number of amides is 1. The molecule has 0 bridgehead atoms. The normalized spacial score (nSPS) is 12.4. The first-order chi connectivity index (χ1) is 10.1. The highest BCUT2D eigenvalue weighted by atomic mass is 32.1. The summed E-state index contributed by atoms with van der Waals surface area (Å²) >= 11 is 1.45. The monoisotopic (exact) mass is 303 g/mol. The summed E-state index contributed by atoms with van der Waals surface area (Å²) in [6.45, 7) is 6.58. The Morgan fingerprint density at radius 3 is 2.62 bits per heavy atom. The number of carbonyl (C=O) groups excluding carboxylic acids is 1. The van der Waals surface area contributed by atoms with Gasteiger partial charge in [0.05, 0.1) is 5.69 Å². The van der Waals surface area contributed by atoms with Gasteiger partial charge in [-0.05, 0) is 11.5 Å². The smallest absolute Gasteiger partial charge is 0.223 e. The Labute approximate surface area is 129 Å². The van der Waals surface area contributed by atoms with Crippen LogP contribution in [0.5, 0.6) is 0 Å². The van der Waals surface area contributed by atoms with Crippen molar-refractivity contribution in [3.8, 4) is 0 Å². The summed E-state index contributed by atoms with van der Waals surface area (Å²) in [6, 6.07) is 10.7. The SMILES string of the molecule is CC(=O)Nc1nc(CNC(c2ccccc2)C(C)C)cs1. The van der Waals surface area contributed by atoms with Gasteiger partial charge >= 0.3 is 0 Å². The molecule has 0 radical (unpaired) electrons. The summed E-state index contributed by atoms with van der Waals surface area (Å²) < 4.78 is 0. The number of hydrogen-bond acceptors (Lipinski definition) is 4. The molecule has 0 saturated carbocycles. The van der Waals surface area contributed by atoms with Crippen LogP contribution in [0.1, 0.15) is 38.1 Å². The number of rotatable bonds is 6. The molecular weight excluding hydrogens is 282 g/mol. The van der Waals surface area contributed by atoms with Crippen LogP contribution in [0.3, 0.4) is 0 Å². The molecule has 0 aliphatic rings. The van der Waals surface area contributed by atoms with E-state index in [1.54, 1.807) is 0 Å². The van der Waals surface area contributed by atoms with Crippen molar-refractivity contribution in [2.24, 2.45) is 5.92 Å². The van der Waals surface area contributed by atoms with Crippen molar-refractivity contribution in [2.75, 3.05) is 5.32 Å². The molecule has 0 fully saturated rings. The highest BCUT2D eigenvalue weighted by Gasteiger charge is 2.15. The predicted octanol–water partition coefficient (Wildman–Crippen LogP) is 3.59. The second kappa shape index (κ2) is 7.33.